The molecule has 2 N–H and O–H groups in total. The minimum atomic E-state index is -0.227. The first-order valence-electron chi connectivity index (χ1n) is 13.1. The van der Waals surface area contributed by atoms with E-state index in [2.05, 4.69) is 64.3 Å². The van der Waals surface area contributed by atoms with Crippen LogP contribution in [0.25, 0.3) is 28.1 Å². The largest absolute Gasteiger partial charge is 0.480 e. The zero-order chi connectivity index (χ0) is 26.1. The van der Waals surface area contributed by atoms with E-state index in [1.807, 2.05) is 30.3 Å². The highest BCUT2D eigenvalue weighted by Crippen LogP contribution is 2.32. The number of benzene rings is 3. The Balaban J connectivity index is 1.60. The van der Waals surface area contributed by atoms with E-state index in [1.54, 1.807) is 13.3 Å². The van der Waals surface area contributed by atoms with Crippen molar-refractivity contribution < 1.29 is 9.84 Å². The summed E-state index contributed by atoms with van der Waals surface area (Å²) >= 11 is 0. The maximum atomic E-state index is 10.0. The van der Waals surface area contributed by atoms with Crippen molar-refractivity contribution in [3.8, 4) is 23.0 Å². The minimum Gasteiger partial charge on any atom is -0.480 e. The standard InChI is InChI=1S/C31H31N5O2/c1-20-9-13-22(14-10-20)36-29-8-4-3-6-24(29)34-28-18-26(35-25-7-5-17-32-31(25)38-2)27(19-30(28)36)33-21-11-15-23(37)16-12-21/h3-10,13-14,17-19,21,23,35,37H,11-12,15-16H2,1-2H3. The van der Waals surface area contributed by atoms with Crippen molar-refractivity contribution >= 4 is 22.4 Å². The molecular weight excluding hydrogens is 474 g/mol. The zero-order valence-electron chi connectivity index (χ0n) is 21.6. The summed E-state index contributed by atoms with van der Waals surface area (Å²) in [4.78, 5) is 14.6. The highest BCUT2D eigenvalue weighted by Gasteiger charge is 2.21. The van der Waals surface area contributed by atoms with Crippen LogP contribution in [0, 0.1) is 6.92 Å². The predicted octanol–water partition coefficient (Wildman–Crippen LogP) is 5.79. The van der Waals surface area contributed by atoms with Crippen LogP contribution in [-0.2, 0) is 0 Å². The Kier molecular flexibility index (Phi) is 6.52. The fourth-order valence-corrected chi connectivity index (χ4v) is 5.20. The maximum Gasteiger partial charge on any atom is 0.237 e. The fourth-order valence-electron chi connectivity index (χ4n) is 5.20. The van der Waals surface area contributed by atoms with Gasteiger partial charge in [0.1, 0.15) is 5.69 Å². The van der Waals surface area contributed by atoms with Gasteiger partial charge >= 0.3 is 0 Å². The number of aliphatic hydroxyl groups excluding tert-OH is 1. The van der Waals surface area contributed by atoms with Gasteiger partial charge in [-0.15, -0.1) is 0 Å². The Morgan fingerprint density at radius 3 is 2.53 bits per heavy atom. The van der Waals surface area contributed by atoms with E-state index in [1.165, 1.54) is 5.56 Å². The van der Waals surface area contributed by atoms with Crippen LogP contribution in [0.3, 0.4) is 0 Å². The van der Waals surface area contributed by atoms with Crippen molar-refractivity contribution in [3.63, 3.8) is 0 Å². The van der Waals surface area contributed by atoms with Crippen LogP contribution in [-0.4, -0.2) is 38.9 Å². The summed E-state index contributed by atoms with van der Waals surface area (Å²) in [5.74, 6) is 0.514. The van der Waals surface area contributed by atoms with Crippen LogP contribution in [0.5, 0.6) is 5.88 Å². The number of para-hydroxylation sites is 2. The summed E-state index contributed by atoms with van der Waals surface area (Å²) in [6.07, 6.45) is 4.76. The van der Waals surface area contributed by atoms with Gasteiger partial charge in [-0.1, -0.05) is 29.8 Å². The summed E-state index contributed by atoms with van der Waals surface area (Å²) < 4.78 is 7.76. The third-order valence-corrected chi connectivity index (χ3v) is 7.21. The first-order chi connectivity index (χ1) is 18.6. The molecule has 3 aromatic rings. The number of hydrogen-bond acceptors (Lipinski definition) is 6. The normalized spacial score (nSPS) is 18.1. The van der Waals surface area contributed by atoms with Gasteiger partial charge in [-0.05, 0) is 81.1 Å². The molecule has 2 heterocycles. The number of anilines is 2. The zero-order valence-corrected chi connectivity index (χ0v) is 21.6. The van der Waals surface area contributed by atoms with Crippen molar-refractivity contribution in [2.75, 3.05) is 12.4 Å². The molecule has 1 fully saturated rings. The van der Waals surface area contributed by atoms with Gasteiger partial charge in [0.05, 0.1) is 52.7 Å². The second-order valence-electron chi connectivity index (χ2n) is 9.91. The van der Waals surface area contributed by atoms with Gasteiger partial charge in [-0.2, -0.15) is 0 Å². The smallest absolute Gasteiger partial charge is 0.237 e. The number of methoxy groups -OCH3 is 1. The molecule has 1 aliphatic heterocycles. The Morgan fingerprint density at radius 1 is 0.947 bits per heavy atom. The summed E-state index contributed by atoms with van der Waals surface area (Å²) in [6.45, 7) is 2.10. The number of fused-ring (bicyclic) bond motifs is 2. The van der Waals surface area contributed by atoms with Gasteiger partial charge < -0.3 is 19.7 Å². The molecule has 7 heteroatoms. The summed E-state index contributed by atoms with van der Waals surface area (Å²) in [6, 6.07) is 24.9. The van der Waals surface area contributed by atoms with Gasteiger partial charge in [0.2, 0.25) is 5.88 Å². The summed E-state index contributed by atoms with van der Waals surface area (Å²) in [7, 11) is 1.62. The monoisotopic (exact) mass is 505 g/mol. The molecule has 0 unspecified atom stereocenters. The fraction of sp³-hybridized carbons (Fsp3) is 0.258. The quantitative estimate of drug-likeness (QED) is 0.295. The molecule has 0 spiro atoms. The van der Waals surface area contributed by atoms with Crippen molar-refractivity contribution in [1.29, 1.82) is 0 Å². The number of nitrogens with zero attached hydrogens (tertiary/aromatic N) is 4. The van der Waals surface area contributed by atoms with Gasteiger partial charge in [-0.3, -0.25) is 4.99 Å². The van der Waals surface area contributed by atoms with Crippen LogP contribution in [0.4, 0.5) is 11.4 Å². The van der Waals surface area contributed by atoms with Crippen molar-refractivity contribution in [2.45, 2.75) is 44.8 Å². The lowest BCUT2D eigenvalue weighted by Crippen LogP contribution is -2.24. The molecule has 2 aliphatic carbocycles. The summed E-state index contributed by atoms with van der Waals surface area (Å²) in [5, 5.41) is 14.4. The molecule has 3 aliphatic rings. The number of ether oxygens (including phenoxy) is 1. The van der Waals surface area contributed by atoms with E-state index in [0.717, 1.165) is 70.5 Å². The number of nitrogens with one attached hydrogen (secondary N) is 1. The lowest BCUT2D eigenvalue weighted by Gasteiger charge is -2.23. The SMILES string of the molecule is COc1ncccc1Nc1cc2nc3ccccc3n(-c3ccc(C)cc3)c-2cc1=NC1CCC(O)CC1. The third-order valence-electron chi connectivity index (χ3n) is 7.21. The van der Waals surface area contributed by atoms with E-state index in [9.17, 15) is 5.11 Å². The molecule has 1 saturated carbocycles. The molecular formula is C31H31N5O2. The first kappa shape index (κ1) is 24.1. The van der Waals surface area contributed by atoms with Gasteiger partial charge in [0, 0.05) is 11.9 Å². The van der Waals surface area contributed by atoms with E-state index >= 15 is 0 Å². The van der Waals surface area contributed by atoms with Crippen molar-refractivity contribution in [2.24, 2.45) is 4.99 Å². The summed E-state index contributed by atoms with van der Waals surface area (Å²) in [5.41, 5.74) is 7.66. The van der Waals surface area contributed by atoms with E-state index < -0.39 is 0 Å². The maximum absolute atomic E-state index is 10.0. The van der Waals surface area contributed by atoms with Crippen molar-refractivity contribution in [3.05, 3.63) is 89.9 Å². The second kappa shape index (κ2) is 10.3. The highest BCUT2D eigenvalue weighted by molar-refractivity contribution is 5.84. The average molecular weight is 506 g/mol. The molecule has 0 atom stereocenters. The second-order valence-corrected chi connectivity index (χ2v) is 9.91. The minimum absolute atomic E-state index is 0.147. The molecule has 192 valence electrons. The molecule has 2 aromatic carbocycles. The number of pyridine rings is 1. The Morgan fingerprint density at radius 2 is 1.74 bits per heavy atom. The Bertz CT molecular complexity index is 1620. The van der Waals surface area contributed by atoms with Gasteiger partial charge in [0.25, 0.3) is 0 Å². The van der Waals surface area contributed by atoms with Crippen LogP contribution in [0.2, 0.25) is 0 Å². The molecule has 0 bridgehead atoms. The molecule has 7 nitrogen and oxygen atoms in total. The van der Waals surface area contributed by atoms with E-state index in [0.29, 0.717) is 5.88 Å². The number of aromatic nitrogens is 3. The topological polar surface area (TPSA) is 84.6 Å². The van der Waals surface area contributed by atoms with Crippen molar-refractivity contribution in [1.82, 2.24) is 14.5 Å². The lowest BCUT2D eigenvalue weighted by molar-refractivity contribution is 0.123. The Hall–Kier alpha value is -4.23. The van der Waals surface area contributed by atoms with Gasteiger partial charge in [0.15, 0.2) is 0 Å². The lowest BCUT2D eigenvalue weighted by atomic mass is 9.93. The number of hydrogen-bond donors (Lipinski definition) is 2. The van der Waals surface area contributed by atoms with Gasteiger partial charge in [-0.25, -0.2) is 9.97 Å². The van der Waals surface area contributed by atoms with Crippen LogP contribution in [0.15, 0.2) is 84.0 Å². The molecule has 0 radical (unpaired) electrons. The highest BCUT2D eigenvalue weighted by atomic mass is 16.5. The Labute approximate surface area is 221 Å². The van der Waals surface area contributed by atoms with E-state index in [-0.39, 0.29) is 12.1 Å². The molecule has 6 rings (SSSR count). The number of aliphatic hydroxyl groups is 1. The van der Waals surface area contributed by atoms with Crippen LogP contribution >= 0.6 is 0 Å². The van der Waals surface area contributed by atoms with Crippen LogP contribution in [0.1, 0.15) is 31.2 Å². The predicted molar refractivity (Wildman–Crippen MR) is 150 cm³/mol. The number of rotatable bonds is 5. The van der Waals surface area contributed by atoms with Crippen LogP contribution < -0.4 is 15.4 Å². The van der Waals surface area contributed by atoms with E-state index in [4.69, 9.17) is 14.7 Å². The molecule has 1 aromatic heterocycles. The average Bonchev–Trinajstić information content (AvgIpc) is 2.94. The third kappa shape index (κ3) is 4.73. The number of aryl methyl sites for hydroxylation is 1. The first-order valence-corrected chi connectivity index (χ1v) is 13.1. The molecule has 0 saturated heterocycles. The molecule has 38 heavy (non-hydrogen) atoms. The molecule has 0 amide bonds.